The number of rotatable bonds is 6. The van der Waals surface area contributed by atoms with Crippen LogP contribution in [0.2, 0.25) is 0 Å². The van der Waals surface area contributed by atoms with Gasteiger partial charge >= 0.3 is 6.03 Å². The van der Waals surface area contributed by atoms with Gasteiger partial charge in [0.2, 0.25) is 0 Å². The van der Waals surface area contributed by atoms with Gasteiger partial charge in [-0.15, -0.1) is 0 Å². The number of hydrogen-bond donors (Lipinski definition) is 3. The molecule has 1 saturated heterocycles. The predicted molar refractivity (Wildman–Crippen MR) is 98.6 cm³/mol. The Hall–Kier alpha value is -1.79. The lowest BCUT2D eigenvalue weighted by Gasteiger charge is -2.35. The maximum atomic E-state index is 12.1. The van der Waals surface area contributed by atoms with Crippen molar-refractivity contribution in [3.63, 3.8) is 0 Å². The number of aliphatic hydroxyl groups is 1. The maximum absolute atomic E-state index is 12.1. The summed E-state index contributed by atoms with van der Waals surface area (Å²) in [6.07, 6.45) is 0.168. The second-order valence-corrected chi connectivity index (χ2v) is 6.93. The molecule has 134 valence electrons. The van der Waals surface area contributed by atoms with Crippen LogP contribution in [0.3, 0.4) is 0 Å². The highest BCUT2D eigenvalue weighted by molar-refractivity contribution is 5.93. The number of amides is 2. The van der Waals surface area contributed by atoms with Crippen LogP contribution in [0.25, 0.3) is 0 Å². The summed E-state index contributed by atoms with van der Waals surface area (Å²) < 4.78 is 0. The van der Waals surface area contributed by atoms with Gasteiger partial charge < -0.3 is 25.5 Å². The van der Waals surface area contributed by atoms with Gasteiger partial charge in [-0.3, -0.25) is 0 Å². The van der Waals surface area contributed by atoms with E-state index < -0.39 is 6.10 Å². The molecule has 0 spiro atoms. The molecule has 1 heterocycles. The number of likely N-dealkylation sites (N-methyl/N-ethyl adjacent to an activating group) is 1. The number of hydrogen-bond acceptors (Lipinski definition) is 4. The fourth-order valence-electron chi connectivity index (χ4n) is 2.91. The van der Waals surface area contributed by atoms with Gasteiger partial charge in [-0.2, -0.15) is 0 Å². The Morgan fingerprint density at radius 3 is 2.54 bits per heavy atom. The van der Waals surface area contributed by atoms with E-state index in [2.05, 4.69) is 41.3 Å². The third-order valence-electron chi connectivity index (χ3n) is 4.24. The molecule has 2 amide bonds. The average Bonchev–Trinajstić information content (AvgIpc) is 2.54. The fraction of sp³-hybridized carbons (Fsp3) is 0.611. The number of aliphatic hydroxyl groups excluding tert-OH is 1. The first-order valence-electron chi connectivity index (χ1n) is 8.71. The van der Waals surface area contributed by atoms with E-state index in [0.29, 0.717) is 12.3 Å². The minimum atomic E-state index is -0.511. The summed E-state index contributed by atoms with van der Waals surface area (Å²) in [7, 11) is 2.12. The van der Waals surface area contributed by atoms with Crippen LogP contribution in [0.1, 0.15) is 20.3 Å². The first-order chi connectivity index (χ1) is 11.5. The van der Waals surface area contributed by atoms with Crippen LogP contribution < -0.4 is 15.5 Å². The number of carbonyl (C=O) groups is 1. The highest BCUT2D eigenvalue weighted by atomic mass is 16.3. The van der Waals surface area contributed by atoms with Crippen molar-refractivity contribution in [2.45, 2.75) is 26.4 Å². The topological polar surface area (TPSA) is 67.8 Å². The van der Waals surface area contributed by atoms with Crippen LogP contribution in [0, 0.1) is 5.92 Å². The van der Waals surface area contributed by atoms with Gasteiger partial charge in [-0.25, -0.2) is 4.79 Å². The molecule has 1 aromatic carbocycles. The maximum Gasteiger partial charge on any atom is 0.319 e. The SMILES string of the molecule is CC(C)C[C@@H](O)CNC(=O)Nc1ccccc1N1CCN(C)CC1. The van der Waals surface area contributed by atoms with Crippen LogP contribution in [0.5, 0.6) is 0 Å². The van der Waals surface area contributed by atoms with Crippen LogP contribution in [-0.2, 0) is 0 Å². The smallest absolute Gasteiger partial charge is 0.319 e. The van der Waals surface area contributed by atoms with Crippen molar-refractivity contribution in [3.8, 4) is 0 Å². The van der Waals surface area contributed by atoms with Gasteiger partial charge in [-0.05, 0) is 31.5 Å². The Labute approximate surface area is 144 Å². The summed E-state index contributed by atoms with van der Waals surface area (Å²) in [6, 6.07) is 7.58. The lowest BCUT2D eigenvalue weighted by Crippen LogP contribution is -2.45. The van der Waals surface area contributed by atoms with Crippen molar-refractivity contribution in [1.29, 1.82) is 0 Å². The van der Waals surface area contributed by atoms with E-state index in [9.17, 15) is 9.90 Å². The van der Waals surface area contributed by atoms with Gasteiger partial charge in [0.25, 0.3) is 0 Å². The quantitative estimate of drug-likeness (QED) is 0.744. The van der Waals surface area contributed by atoms with Gasteiger partial charge in [-0.1, -0.05) is 26.0 Å². The number of urea groups is 1. The number of para-hydroxylation sites is 2. The second-order valence-electron chi connectivity index (χ2n) is 6.93. The summed E-state index contributed by atoms with van der Waals surface area (Å²) in [4.78, 5) is 16.7. The van der Waals surface area contributed by atoms with Crippen molar-refractivity contribution in [2.75, 3.05) is 50.0 Å². The molecule has 0 aliphatic carbocycles. The zero-order valence-electron chi connectivity index (χ0n) is 15.0. The van der Waals surface area contributed by atoms with Gasteiger partial charge in [0, 0.05) is 32.7 Å². The summed E-state index contributed by atoms with van der Waals surface area (Å²) in [5, 5.41) is 15.5. The number of benzene rings is 1. The van der Waals surface area contributed by atoms with Gasteiger partial charge in [0.1, 0.15) is 0 Å². The Balaban J connectivity index is 1.91. The Morgan fingerprint density at radius 1 is 1.21 bits per heavy atom. The first kappa shape index (κ1) is 18.5. The minimum absolute atomic E-state index is 0.265. The van der Waals surface area contributed by atoms with Crippen molar-refractivity contribution in [3.05, 3.63) is 24.3 Å². The van der Waals surface area contributed by atoms with Crippen LogP contribution >= 0.6 is 0 Å². The van der Waals surface area contributed by atoms with E-state index in [1.807, 2.05) is 24.3 Å². The molecule has 2 rings (SSSR count). The monoisotopic (exact) mass is 334 g/mol. The van der Waals surface area contributed by atoms with E-state index in [0.717, 1.165) is 37.6 Å². The van der Waals surface area contributed by atoms with Crippen molar-refractivity contribution >= 4 is 17.4 Å². The zero-order valence-corrected chi connectivity index (χ0v) is 15.0. The van der Waals surface area contributed by atoms with Crippen LogP contribution in [0.4, 0.5) is 16.2 Å². The van der Waals surface area contributed by atoms with Gasteiger partial charge in [0.05, 0.1) is 17.5 Å². The minimum Gasteiger partial charge on any atom is -0.391 e. The molecular formula is C18H30N4O2. The largest absolute Gasteiger partial charge is 0.391 e. The Bertz CT molecular complexity index is 528. The molecule has 1 atom stereocenters. The van der Waals surface area contributed by atoms with Crippen LogP contribution in [-0.4, -0.2) is 61.9 Å². The summed E-state index contributed by atoms with van der Waals surface area (Å²) >= 11 is 0. The molecule has 1 fully saturated rings. The summed E-state index contributed by atoms with van der Waals surface area (Å²) in [6.45, 7) is 8.30. The fourth-order valence-corrected chi connectivity index (χ4v) is 2.91. The number of anilines is 2. The second kappa shape index (κ2) is 8.89. The predicted octanol–water partition coefficient (Wildman–Crippen LogP) is 1.97. The zero-order chi connectivity index (χ0) is 17.5. The number of carbonyl (C=O) groups excluding carboxylic acids is 1. The lowest BCUT2D eigenvalue weighted by atomic mass is 10.1. The summed E-state index contributed by atoms with van der Waals surface area (Å²) in [5.41, 5.74) is 1.85. The molecule has 1 aromatic rings. The normalized spacial score (nSPS) is 17.0. The van der Waals surface area contributed by atoms with E-state index in [-0.39, 0.29) is 12.6 Å². The molecule has 6 heteroatoms. The molecular weight excluding hydrogens is 304 g/mol. The standard InChI is InChI=1S/C18H30N4O2/c1-14(2)12-15(23)13-19-18(24)20-16-6-4-5-7-17(16)22-10-8-21(3)9-11-22/h4-7,14-15,23H,8-13H2,1-3H3,(H2,19,20,24)/t15-/m1/s1. The summed E-state index contributed by atoms with van der Waals surface area (Å²) in [5.74, 6) is 0.405. The molecule has 0 unspecified atom stereocenters. The van der Waals surface area contributed by atoms with Crippen molar-refractivity contribution in [2.24, 2.45) is 5.92 Å². The molecule has 0 aromatic heterocycles. The molecule has 1 aliphatic rings. The number of nitrogens with one attached hydrogen (secondary N) is 2. The Morgan fingerprint density at radius 2 is 1.88 bits per heavy atom. The highest BCUT2D eigenvalue weighted by Gasteiger charge is 2.18. The molecule has 1 aliphatic heterocycles. The molecule has 0 radical (unpaired) electrons. The van der Waals surface area contributed by atoms with Crippen LogP contribution in [0.15, 0.2) is 24.3 Å². The number of nitrogens with zero attached hydrogens (tertiary/aromatic N) is 2. The third kappa shape index (κ3) is 5.69. The van der Waals surface area contributed by atoms with E-state index in [1.54, 1.807) is 0 Å². The Kier molecular flexibility index (Phi) is 6.87. The lowest BCUT2D eigenvalue weighted by molar-refractivity contribution is 0.148. The molecule has 6 nitrogen and oxygen atoms in total. The van der Waals surface area contributed by atoms with E-state index in [4.69, 9.17) is 0 Å². The number of piperazine rings is 1. The van der Waals surface area contributed by atoms with Crippen molar-refractivity contribution in [1.82, 2.24) is 10.2 Å². The average molecular weight is 334 g/mol. The van der Waals surface area contributed by atoms with Gasteiger partial charge in [0.15, 0.2) is 0 Å². The third-order valence-corrected chi connectivity index (χ3v) is 4.24. The molecule has 24 heavy (non-hydrogen) atoms. The van der Waals surface area contributed by atoms with E-state index in [1.165, 1.54) is 0 Å². The highest BCUT2D eigenvalue weighted by Crippen LogP contribution is 2.26. The van der Waals surface area contributed by atoms with Crippen molar-refractivity contribution < 1.29 is 9.90 Å². The molecule has 3 N–H and O–H groups in total. The molecule has 0 bridgehead atoms. The first-order valence-corrected chi connectivity index (χ1v) is 8.71. The molecule has 0 saturated carbocycles. The van der Waals surface area contributed by atoms with E-state index >= 15 is 0 Å².